The summed E-state index contributed by atoms with van der Waals surface area (Å²) in [5.41, 5.74) is 4.24. The zero-order valence-corrected chi connectivity index (χ0v) is 9.68. The number of carboxylic acid groups (broad SMARTS) is 1. The minimum Gasteiger partial charge on any atom is -0.481 e. The number of nitrogens with zero attached hydrogens (tertiary/aromatic N) is 2. The van der Waals surface area contributed by atoms with Crippen molar-refractivity contribution in [2.45, 2.75) is 26.2 Å². The van der Waals surface area contributed by atoms with Gasteiger partial charge in [-0.3, -0.25) is 4.79 Å². The van der Waals surface area contributed by atoms with Crippen LogP contribution in [0.5, 0.6) is 0 Å². The topological polar surface area (TPSA) is 54.6 Å². The molecule has 1 aliphatic rings. The van der Waals surface area contributed by atoms with Crippen molar-refractivity contribution in [3.63, 3.8) is 0 Å². The third-order valence-electron chi connectivity index (χ3n) is 3.48. The van der Waals surface area contributed by atoms with Crippen molar-refractivity contribution >= 4 is 11.6 Å². The molecule has 2 heterocycles. The number of fused-ring (bicyclic) bond motifs is 3. The zero-order valence-electron chi connectivity index (χ0n) is 9.68. The Balaban J connectivity index is 2.12. The molecular weight excluding hydrogens is 216 g/mol. The van der Waals surface area contributed by atoms with Gasteiger partial charge in [0.1, 0.15) is 5.65 Å². The fraction of sp³-hybridized carbons (Fsp3) is 0.385. The minimum atomic E-state index is -0.697. The van der Waals surface area contributed by atoms with Gasteiger partial charge in [0.05, 0.1) is 11.6 Å². The van der Waals surface area contributed by atoms with Gasteiger partial charge in [-0.25, -0.2) is 4.98 Å². The average molecular weight is 230 g/mol. The van der Waals surface area contributed by atoms with Gasteiger partial charge in [-0.05, 0) is 37.5 Å². The summed E-state index contributed by atoms with van der Waals surface area (Å²) in [5.74, 6) is -0.957. The van der Waals surface area contributed by atoms with Gasteiger partial charge in [-0.2, -0.15) is 0 Å². The van der Waals surface area contributed by atoms with Crippen LogP contribution in [-0.4, -0.2) is 20.5 Å². The third-order valence-corrected chi connectivity index (χ3v) is 3.48. The molecule has 0 aliphatic heterocycles. The lowest BCUT2D eigenvalue weighted by Gasteiger charge is -2.17. The Bertz CT molecular complexity index is 601. The highest BCUT2D eigenvalue weighted by Gasteiger charge is 2.27. The number of aromatic nitrogens is 2. The maximum atomic E-state index is 11.0. The molecule has 1 unspecified atom stereocenters. The molecule has 0 amide bonds. The van der Waals surface area contributed by atoms with Gasteiger partial charge in [0.15, 0.2) is 0 Å². The summed E-state index contributed by atoms with van der Waals surface area (Å²) < 4.78 is 2.03. The number of pyridine rings is 1. The van der Waals surface area contributed by atoms with E-state index in [2.05, 4.69) is 4.98 Å². The van der Waals surface area contributed by atoms with Crippen LogP contribution in [0.2, 0.25) is 0 Å². The van der Waals surface area contributed by atoms with Crippen LogP contribution in [0.15, 0.2) is 18.3 Å². The molecule has 1 atom stereocenters. The maximum absolute atomic E-state index is 11.0. The molecule has 3 rings (SSSR count). The highest BCUT2D eigenvalue weighted by molar-refractivity contribution is 5.71. The lowest BCUT2D eigenvalue weighted by molar-refractivity contribution is -0.142. The number of carboxylic acids is 1. The fourth-order valence-electron chi connectivity index (χ4n) is 2.52. The van der Waals surface area contributed by atoms with Crippen LogP contribution in [0.3, 0.4) is 0 Å². The Morgan fingerprint density at radius 3 is 3.18 bits per heavy atom. The molecule has 4 heteroatoms. The summed E-state index contributed by atoms with van der Waals surface area (Å²) in [6.45, 7) is 2.04. The average Bonchev–Trinajstić information content (AvgIpc) is 2.64. The largest absolute Gasteiger partial charge is 0.481 e. The summed E-state index contributed by atoms with van der Waals surface area (Å²) in [4.78, 5) is 15.6. The number of aryl methyl sites for hydroxylation is 2. The van der Waals surface area contributed by atoms with E-state index >= 15 is 0 Å². The summed E-state index contributed by atoms with van der Waals surface area (Å²) >= 11 is 0. The summed E-state index contributed by atoms with van der Waals surface area (Å²) in [6, 6.07) is 4.06. The molecule has 0 radical (unpaired) electrons. The molecule has 88 valence electrons. The van der Waals surface area contributed by atoms with E-state index in [0.29, 0.717) is 12.8 Å². The van der Waals surface area contributed by atoms with E-state index in [0.717, 1.165) is 23.5 Å². The molecule has 17 heavy (non-hydrogen) atoms. The third kappa shape index (κ3) is 1.60. The second kappa shape index (κ2) is 3.58. The predicted molar refractivity (Wildman–Crippen MR) is 63.1 cm³/mol. The van der Waals surface area contributed by atoms with Crippen molar-refractivity contribution < 1.29 is 9.90 Å². The van der Waals surface area contributed by atoms with Gasteiger partial charge in [0, 0.05) is 18.3 Å². The van der Waals surface area contributed by atoms with Crippen LogP contribution < -0.4 is 0 Å². The Kier molecular flexibility index (Phi) is 2.18. The van der Waals surface area contributed by atoms with Gasteiger partial charge < -0.3 is 9.51 Å². The molecule has 0 saturated carbocycles. The van der Waals surface area contributed by atoms with Crippen molar-refractivity contribution in [2.24, 2.45) is 5.92 Å². The lowest BCUT2D eigenvalue weighted by atomic mass is 9.90. The number of aliphatic carboxylic acids is 1. The predicted octanol–water partition coefficient (Wildman–Crippen LogP) is 1.83. The highest BCUT2D eigenvalue weighted by atomic mass is 16.4. The SMILES string of the molecule is Cc1ccn2c3c(nc2c1)CCC(C(=O)O)C3. The zero-order chi connectivity index (χ0) is 12.0. The molecule has 1 aliphatic carbocycles. The molecule has 2 aromatic heterocycles. The summed E-state index contributed by atoms with van der Waals surface area (Å²) in [6.07, 6.45) is 4.05. The van der Waals surface area contributed by atoms with Gasteiger partial charge in [0.25, 0.3) is 0 Å². The quantitative estimate of drug-likeness (QED) is 0.813. The number of hydrogen-bond acceptors (Lipinski definition) is 2. The van der Waals surface area contributed by atoms with E-state index in [1.807, 2.05) is 29.7 Å². The molecular formula is C13H14N2O2. The molecule has 0 saturated heterocycles. The first-order valence-corrected chi connectivity index (χ1v) is 5.84. The van der Waals surface area contributed by atoms with E-state index in [1.54, 1.807) is 0 Å². The van der Waals surface area contributed by atoms with Crippen molar-refractivity contribution in [2.75, 3.05) is 0 Å². The maximum Gasteiger partial charge on any atom is 0.306 e. The molecule has 0 fully saturated rings. The fourth-order valence-corrected chi connectivity index (χ4v) is 2.52. The van der Waals surface area contributed by atoms with Gasteiger partial charge in [-0.15, -0.1) is 0 Å². The van der Waals surface area contributed by atoms with Crippen molar-refractivity contribution in [3.8, 4) is 0 Å². The van der Waals surface area contributed by atoms with Gasteiger partial charge in [0.2, 0.25) is 0 Å². The number of imidazole rings is 1. The highest BCUT2D eigenvalue weighted by Crippen LogP contribution is 2.26. The van der Waals surface area contributed by atoms with Crippen LogP contribution in [0, 0.1) is 12.8 Å². The van der Waals surface area contributed by atoms with Crippen molar-refractivity contribution in [3.05, 3.63) is 35.3 Å². The Hall–Kier alpha value is -1.84. The Morgan fingerprint density at radius 2 is 2.41 bits per heavy atom. The van der Waals surface area contributed by atoms with Crippen molar-refractivity contribution in [1.82, 2.24) is 9.38 Å². The molecule has 4 nitrogen and oxygen atoms in total. The summed E-state index contributed by atoms with van der Waals surface area (Å²) in [7, 11) is 0. The molecule has 0 spiro atoms. The van der Waals surface area contributed by atoms with Crippen LogP contribution in [-0.2, 0) is 17.6 Å². The summed E-state index contributed by atoms with van der Waals surface area (Å²) in [5, 5.41) is 9.09. The minimum absolute atomic E-state index is 0.260. The first-order valence-electron chi connectivity index (χ1n) is 5.84. The molecule has 1 N–H and O–H groups in total. The van der Waals surface area contributed by atoms with Crippen molar-refractivity contribution in [1.29, 1.82) is 0 Å². The first-order chi connectivity index (χ1) is 8.15. The van der Waals surface area contributed by atoms with E-state index in [9.17, 15) is 4.79 Å². The Morgan fingerprint density at radius 1 is 1.59 bits per heavy atom. The normalized spacial score (nSPS) is 19.2. The molecule has 0 aromatic carbocycles. The van der Waals surface area contributed by atoms with E-state index < -0.39 is 5.97 Å². The van der Waals surface area contributed by atoms with Crippen LogP contribution in [0.4, 0.5) is 0 Å². The van der Waals surface area contributed by atoms with Gasteiger partial charge >= 0.3 is 5.97 Å². The lowest BCUT2D eigenvalue weighted by Crippen LogP contribution is -2.22. The second-order valence-electron chi connectivity index (χ2n) is 4.72. The second-order valence-corrected chi connectivity index (χ2v) is 4.72. The van der Waals surface area contributed by atoms with Gasteiger partial charge in [-0.1, -0.05) is 0 Å². The van der Waals surface area contributed by atoms with E-state index in [4.69, 9.17) is 5.11 Å². The molecule has 2 aromatic rings. The van der Waals surface area contributed by atoms with Crippen LogP contribution in [0.1, 0.15) is 23.4 Å². The number of rotatable bonds is 1. The monoisotopic (exact) mass is 230 g/mol. The molecule has 0 bridgehead atoms. The van der Waals surface area contributed by atoms with Crippen LogP contribution in [0.25, 0.3) is 5.65 Å². The Labute approximate surface area is 98.9 Å². The van der Waals surface area contributed by atoms with Crippen LogP contribution >= 0.6 is 0 Å². The van der Waals surface area contributed by atoms with E-state index in [1.165, 1.54) is 5.56 Å². The number of hydrogen-bond donors (Lipinski definition) is 1. The smallest absolute Gasteiger partial charge is 0.306 e. The first kappa shape index (κ1) is 10.3. The number of carbonyl (C=O) groups is 1. The van der Waals surface area contributed by atoms with E-state index in [-0.39, 0.29) is 5.92 Å². The standard InChI is InChI=1S/C13H14N2O2/c1-8-4-5-15-11-7-9(13(16)17)2-3-10(11)14-12(15)6-8/h4-6,9H,2-3,7H2,1H3,(H,16,17).